The molecule has 0 amide bonds. The molecule has 23 heavy (non-hydrogen) atoms. The highest BCUT2D eigenvalue weighted by atomic mass is 14.7. The summed E-state index contributed by atoms with van der Waals surface area (Å²) in [4.78, 5) is 4.58. The van der Waals surface area contributed by atoms with Crippen molar-refractivity contribution in [2.45, 2.75) is 77.6 Å². The van der Waals surface area contributed by atoms with Crippen LogP contribution in [0.3, 0.4) is 0 Å². The first kappa shape index (κ1) is 19.6. The smallest absolute Gasteiger partial charge is 0.0481 e. The average Bonchev–Trinajstić information content (AvgIpc) is 2.56. The zero-order valence-corrected chi connectivity index (χ0v) is 14.9. The van der Waals surface area contributed by atoms with E-state index >= 15 is 0 Å². The molecular formula is C21H34N2. The zero-order valence-electron chi connectivity index (χ0n) is 14.9. The number of rotatable bonds is 11. The lowest BCUT2D eigenvalue weighted by molar-refractivity contribution is 0.556. The number of pyridine rings is 1. The van der Waals surface area contributed by atoms with E-state index in [1.807, 2.05) is 6.20 Å². The second kappa shape index (κ2) is 12.1. The van der Waals surface area contributed by atoms with Gasteiger partial charge in [-0.3, -0.25) is 4.98 Å². The molecule has 0 radical (unpaired) electrons. The number of hydrogen-bond acceptors (Lipinski definition) is 2. The van der Waals surface area contributed by atoms with Crippen molar-refractivity contribution in [2.75, 3.05) is 0 Å². The molecule has 0 unspecified atom stereocenters. The van der Waals surface area contributed by atoms with Crippen LogP contribution in [0.25, 0.3) is 10.8 Å². The third-order valence-electron chi connectivity index (χ3n) is 4.52. The Labute approximate surface area is 142 Å². The van der Waals surface area contributed by atoms with E-state index in [-0.39, 0.29) is 6.15 Å². The number of aryl methyl sites for hydroxylation is 1. The van der Waals surface area contributed by atoms with Gasteiger partial charge in [0.1, 0.15) is 0 Å². The molecule has 0 aliphatic heterocycles. The highest BCUT2D eigenvalue weighted by Crippen LogP contribution is 2.18. The number of aromatic nitrogens is 1. The molecule has 0 spiro atoms. The van der Waals surface area contributed by atoms with Gasteiger partial charge in [0.05, 0.1) is 0 Å². The summed E-state index contributed by atoms with van der Waals surface area (Å²) in [6.45, 7) is 2.28. The molecule has 1 heterocycles. The Balaban J connectivity index is 0.00000264. The maximum Gasteiger partial charge on any atom is 0.0481 e. The lowest BCUT2D eigenvalue weighted by atomic mass is 10.0. The SMILES string of the molecule is CCCCCCCCCCCCc1nccc2ccccc12.N. The monoisotopic (exact) mass is 314 g/mol. The fourth-order valence-corrected chi connectivity index (χ4v) is 3.16. The minimum absolute atomic E-state index is 0. The van der Waals surface area contributed by atoms with E-state index in [2.05, 4.69) is 42.2 Å². The number of hydrogen-bond donors (Lipinski definition) is 1. The van der Waals surface area contributed by atoms with Crippen molar-refractivity contribution >= 4 is 10.8 Å². The van der Waals surface area contributed by atoms with Crippen LogP contribution < -0.4 is 6.15 Å². The lowest BCUT2D eigenvalue weighted by Crippen LogP contribution is -1.92. The quantitative estimate of drug-likeness (QED) is 0.460. The zero-order chi connectivity index (χ0) is 15.5. The molecule has 3 N–H and O–H groups in total. The highest BCUT2D eigenvalue weighted by Gasteiger charge is 2.01. The number of unbranched alkanes of at least 4 members (excludes halogenated alkanes) is 9. The number of fused-ring (bicyclic) bond motifs is 1. The maximum atomic E-state index is 4.58. The van der Waals surface area contributed by atoms with Crippen molar-refractivity contribution in [2.24, 2.45) is 0 Å². The van der Waals surface area contributed by atoms with E-state index in [1.54, 1.807) is 0 Å². The molecule has 2 rings (SSSR count). The molecule has 0 saturated heterocycles. The fraction of sp³-hybridized carbons (Fsp3) is 0.571. The van der Waals surface area contributed by atoms with E-state index in [9.17, 15) is 0 Å². The molecule has 0 atom stereocenters. The van der Waals surface area contributed by atoms with Gasteiger partial charge in [-0.2, -0.15) is 0 Å². The Morgan fingerprint density at radius 2 is 1.35 bits per heavy atom. The molecule has 1 aromatic carbocycles. The number of benzene rings is 1. The van der Waals surface area contributed by atoms with Gasteiger partial charge in [0.25, 0.3) is 0 Å². The molecule has 2 nitrogen and oxygen atoms in total. The highest BCUT2D eigenvalue weighted by molar-refractivity contribution is 5.84. The van der Waals surface area contributed by atoms with Crippen LogP contribution in [0.2, 0.25) is 0 Å². The van der Waals surface area contributed by atoms with E-state index in [0.29, 0.717) is 0 Å². The lowest BCUT2D eigenvalue weighted by Gasteiger charge is -2.05. The molecule has 1 aromatic heterocycles. The summed E-state index contributed by atoms with van der Waals surface area (Å²) in [5.74, 6) is 0. The van der Waals surface area contributed by atoms with Crippen LogP contribution in [-0.4, -0.2) is 4.98 Å². The third-order valence-corrected chi connectivity index (χ3v) is 4.52. The van der Waals surface area contributed by atoms with Crippen LogP contribution in [0.5, 0.6) is 0 Å². The summed E-state index contributed by atoms with van der Waals surface area (Å²) in [6, 6.07) is 10.7. The second-order valence-electron chi connectivity index (χ2n) is 6.41. The molecule has 0 aliphatic carbocycles. The Bertz CT molecular complexity index is 531. The second-order valence-corrected chi connectivity index (χ2v) is 6.41. The van der Waals surface area contributed by atoms with Crippen molar-refractivity contribution in [1.82, 2.24) is 11.1 Å². The van der Waals surface area contributed by atoms with Crippen molar-refractivity contribution in [3.63, 3.8) is 0 Å². The Kier molecular flexibility index (Phi) is 10.3. The van der Waals surface area contributed by atoms with Gasteiger partial charge in [0, 0.05) is 17.3 Å². The first-order valence-corrected chi connectivity index (χ1v) is 9.24. The standard InChI is InChI=1S/C21H31N.H3N/c1-2-3-4-5-6-7-8-9-10-11-16-21-20-15-13-12-14-19(20)17-18-22-21;/h12-15,17-18H,2-11,16H2,1H3;1H3. The summed E-state index contributed by atoms with van der Waals surface area (Å²) >= 11 is 0. The molecule has 2 heteroatoms. The Morgan fingerprint density at radius 3 is 2.04 bits per heavy atom. The van der Waals surface area contributed by atoms with Crippen LogP contribution in [0, 0.1) is 0 Å². The van der Waals surface area contributed by atoms with Crippen molar-refractivity contribution < 1.29 is 0 Å². The van der Waals surface area contributed by atoms with E-state index in [4.69, 9.17) is 0 Å². The largest absolute Gasteiger partial charge is 0.344 e. The molecule has 0 aliphatic rings. The Morgan fingerprint density at radius 1 is 0.739 bits per heavy atom. The van der Waals surface area contributed by atoms with Gasteiger partial charge in [-0.05, 0) is 24.3 Å². The number of nitrogens with zero attached hydrogens (tertiary/aromatic N) is 1. The van der Waals surface area contributed by atoms with Crippen LogP contribution >= 0.6 is 0 Å². The summed E-state index contributed by atoms with van der Waals surface area (Å²) in [7, 11) is 0. The van der Waals surface area contributed by atoms with Gasteiger partial charge >= 0.3 is 0 Å². The molecular weight excluding hydrogens is 280 g/mol. The molecule has 0 bridgehead atoms. The topological polar surface area (TPSA) is 47.9 Å². The van der Waals surface area contributed by atoms with Crippen molar-refractivity contribution in [3.05, 3.63) is 42.2 Å². The van der Waals surface area contributed by atoms with Gasteiger partial charge in [0.2, 0.25) is 0 Å². The van der Waals surface area contributed by atoms with Gasteiger partial charge in [-0.25, -0.2) is 0 Å². The van der Waals surface area contributed by atoms with Crippen LogP contribution in [0.4, 0.5) is 0 Å². The minimum atomic E-state index is 0. The van der Waals surface area contributed by atoms with Gasteiger partial charge in [-0.1, -0.05) is 89.0 Å². The minimum Gasteiger partial charge on any atom is -0.344 e. The first-order valence-electron chi connectivity index (χ1n) is 9.24. The van der Waals surface area contributed by atoms with Crippen molar-refractivity contribution in [1.29, 1.82) is 0 Å². The average molecular weight is 315 g/mol. The van der Waals surface area contributed by atoms with Crippen LogP contribution in [0.15, 0.2) is 36.5 Å². The summed E-state index contributed by atoms with van der Waals surface area (Å²) in [5.41, 5.74) is 1.28. The normalized spacial score (nSPS) is 10.7. The van der Waals surface area contributed by atoms with E-state index in [1.165, 1.54) is 80.7 Å². The van der Waals surface area contributed by atoms with Crippen LogP contribution in [0.1, 0.15) is 76.8 Å². The summed E-state index contributed by atoms with van der Waals surface area (Å²) in [5, 5.41) is 2.65. The Hall–Kier alpha value is -1.41. The third kappa shape index (κ3) is 7.13. The predicted molar refractivity (Wildman–Crippen MR) is 102 cm³/mol. The van der Waals surface area contributed by atoms with Gasteiger partial charge in [-0.15, -0.1) is 0 Å². The summed E-state index contributed by atoms with van der Waals surface area (Å²) < 4.78 is 0. The first-order chi connectivity index (χ1) is 10.9. The summed E-state index contributed by atoms with van der Waals surface area (Å²) in [6.07, 6.45) is 17.0. The molecule has 0 saturated carbocycles. The van der Waals surface area contributed by atoms with E-state index in [0.717, 1.165) is 6.42 Å². The molecule has 2 aromatic rings. The maximum absolute atomic E-state index is 4.58. The van der Waals surface area contributed by atoms with Gasteiger partial charge in [0.15, 0.2) is 0 Å². The fourth-order valence-electron chi connectivity index (χ4n) is 3.16. The predicted octanol–water partition coefficient (Wildman–Crippen LogP) is 6.86. The van der Waals surface area contributed by atoms with Crippen molar-refractivity contribution in [3.8, 4) is 0 Å². The van der Waals surface area contributed by atoms with E-state index < -0.39 is 0 Å². The van der Waals surface area contributed by atoms with Gasteiger partial charge < -0.3 is 6.15 Å². The van der Waals surface area contributed by atoms with Crippen LogP contribution in [-0.2, 0) is 6.42 Å². The molecule has 128 valence electrons. The molecule has 0 fully saturated rings.